The molecule has 0 saturated carbocycles. The first-order valence-electron chi connectivity index (χ1n) is 11.0. The number of carbonyl (C=O) groups is 2. The molecule has 1 atom stereocenters. The van der Waals surface area contributed by atoms with Gasteiger partial charge in [-0.25, -0.2) is 6.08 Å². The van der Waals surface area contributed by atoms with Crippen molar-refractivity contribution in [3.63, 3.8) is 0 Å². The summed E-state index contributed by atoms with van der Waals surface area (Å²) in [6.45, 7) is 0. The molecule has 0 aliphatic heterocycles. The molecule has 0 N–H and O–H groups in total. The Labute approximate surface area is 201 Å². The molecule has 34 heavy (non-hydrogen) atoms. The molecule has 0 fully saturated rings. The molecular weight excluding hydrogens is 439 g/mol. The van der Waals surface area contributed by atoms with Gasteiger partial charge in [0.1, 0.15) is 23.2 Å². The summed E-state index contributed by atoms with van der Waals surface area (Å²) < 4.78 is 4.86. The molecule has 0 bridgehead atoms. The van der Waals surface area contributed by atoms with E-state index in [1.165, 1.54) is 13.2 Å². The van der Waals surface area contributed by atoms with Crippen LogP contribution in [0.2, 0.25) is 0 Å². The predicted molar refractivity (Wildman–Crippen MR) is 140 cm³/mol. The highest BCUT2D eigenvalue weighted by atomic mass is 31.2. The minimum absolute atomic E-state index is 0.0920. The second kappa shape index (κ2) is 10.9. The summed E-state index contributed by atoms with van der Waals surface area (Å²) in [5.41, 5.74) is -0.161. The molecule has 0 amide bonds. The number of ether oxygens (including phenoxy) is 1. The number of Topliss-reactive ketones (excluding diaryl/α,β-unsaturated/α-hetero) is 1. The zero-order chi connectivity index (χ0) is 23.8. The Bertz CT molecular complexity index is 1160. The summed E-state index contributed by atoms with van der Waals surface area (Å²) >= 11 is 0. The van der Waals surface area contributed by atoms with Gasteiger partial charge in [0.2, 0.25) is 0 Å². The summed E-state index contributed by atoms with van der Waals surface area (Å²) in [5.74, 6) is -0.635. The third kappa shape index (κ3) is 4.62. The number of benzene rings is 4. The maximum absolute atomic E-state index is 14.2. The molecule has 4 aromatic carbocycles. The van der Waals surface area contributed by atoms with Crippen LogP contribution in [0.4, 0.5) is 0 Å². The summed E-state index contributed by atoms with van der Waals surface area (Å²) in [7, 11) is -1.33. The van der Waals surface area contributed by atoms with Crippen molar-refractivity contribution in [2.75, 3.05) is 7.11 Å². The van der Waals surface area contributed by atoms with Crippen LogP contribution in [0.5, 0.6) is 0 Å². The molecule has 0 spiro atoms. The largest absolute Gasteiger partial charge is 0.550 e. The Hall–Kier alpha value is -3.81. The molecule has 0 saturated heterocycles. The van der Waals surface area contributed by atoms with Gasteiger partial charge in [0.25, 0.3) is 0 Å². The molecule has 0 aromatic heterocycles. The second-order valence-electron chi connectivity index (χ2n) is 7.70. The van der Waals surface area contributed by atoms with E-state index in [-0.39, 0.29) is 5.78 Å². The van der Waals surface area contributed by atoms with Crippen LogP contribution in [0.1, 0.15) is 10.4 Å². The Kier molecular flexibility index (Phi) is 7.47. The quantitative estimate of drug-likeness (QED) is 0.124. The van der Waals surface area contributed by atoms with Crippen LogP contribution in [0, 0.1) is 6.08 Å². The molecule has 0 radical (unpaired) electrons. The number of allylic oxidation sites excluding steroid dienone is 1. The van der Waals surface area contributed by atoms with Crippen LogP contribution in [0.15, 0.2) is 127 Å². The van der Waals surface area contributed by atoms with Crippen molar-refractivity contribution in [2.24, 2.45) is 0 Å². The maximum atomic E-state index is 14.2. The van der Waals surface area contributed by atoms with Crippen LogP contribution >= 0.6 is 7.26 Å². The third-order valence-corrected chi connectivity index (χ3v) is 10.2. The standard InChI is InChI=1S/C30H25O3P/c1-33-29(31)23-22-28(30(32)24-14-6-2-7-15-24)34(25-16-8-3-9-17-25,26-18-10-4-11-19-26)27-20-12-5-13-21-27/h2-21,23,28H,1H3. The highest BCUT2D eigenvalue weighted by Gasteiger charge is 2.52. The summed E-state index contributed by atoms with van der Waals surface area (Å²) in [6, 6.07) is 39.5. The van der Waals surface area contributed by atoms with E-state index < -0.39 is 18.9 Å². The van der Waals surface area contributed by atoms with Crippen molar-refractivity contribution in [1.82, 2.24) is 0 Å². The Morgan fingerprint density at radius 3 is 1.44 bits per heavy atom. The summed E-state index contributed by atoms with van der Waals surface area (Å²) in [5, 5.41) is 3.10. The summed E-state index contributed by atoms with van der Waals surface area (Å²) in [4.78, 5) is 26.4. The van der Waals surface area contributed by atoms with E-state index in [0.29, 0.717) is 5.56 Å². The van der Waals surface area contributed by atoms with Crippen LogP contribution in [-0.4, -0.2) is 24.5 Å². The molecule has 4 rings (SSSR count). The SMILES string of the molecule is COC(=O)C=[C-]C(C(=O)c1ccccc1)[P+](c1ccccc1)(c1ccccc1)c1ccccc1. The van der Waals surface area contributed by atoms with E-state index in [1.54, 1.807) is 0 Å². The van der Waals surface area contributed by atoms with Crippen molar-refractivity contribution in [2.45, 2.75) is 5.66 Å². The minimum Gasteiger partial charge on any atom is -0.550 e. The molecule has 1 unspecified atom stereocenters. The van der Waals surface area contributed by atoms with E-state index in [4.69, 9.17) is 4.74 Å². The molecular formula is C30H25O3P. The van der Waals surface area contributed by atoms with Gasteiger partial charge < -0.3 is 9.53 Å². The topological polar surface area (TPSA) is 43.4 Å². The van der Waals surface area contributed by atoms with Crippen molar-refractivity contribution < 1.29 is 14.3 Å². The molecule has 0 aliphatic rings. The lowest BCUT2D eigenvalue weighted by molar-refractivity contribution is -0.134. The monoisotopic (exact) mass is 464 g/mol. The first-order valence-corrected chi connectivity index (χ1v) is 12.9. The van der Waals surface area contributed by atoms with E-state index >= 15 is 0 Å². The normalized spacial score (nSPS) is 12.3. The van der Waals surface area contributed by atoms with Gasteiger partial charge in [-0.15, -0.1) is 0 Å². The van der Waals surface area contributed by atoms with Gasteiger partial charge in [-0.3, -0.25) is 4.79 Å². The predicted octanol–water partition coefficient (Wildman–Crippen LogP) is 4.76. The Morgan fingerprint density at radius 1 is 0.676 bits per heavy atom. The second-order valence-corrected chi connectivity index (χ2v) is 11.2. The average Bonchev–Trinajstić information content (AvgIpc) is 2.92. The highest BCUT2D eigenvalue weighted by Crippen LogP contribution is 2.60. The Morgan fingerprint density at radius 2 is 1.06 bits per heavy atom. The first kappa shape index (κ1) is 23.4. The summed E-state index contributed by atoms with van der Waals surface area (Å²) in [6.07, 6.45) is 4.46. The van der Waals surface area contributed by atoms with Crippen molar-refractivity contribution in [3.8, 4) is 0 Å². The van der Waals surface area contributed by atoms with Gasteiger partial charge in [-0.1, -0.05) is 84.9 Å². The zero-order valence-electron chi connectivity index (χ0n) is 18.9. The van der Waals surface area contributed by atoms with Crippen LogP contribution in [0.25, 0.3) is 0 Å². The van der Waals surface area contributed by atoms with Gasteiger partial charge in [0, 0.05) is 5.56 Å². The molecule has 0 heterocycles. The van der Waals surface area contributed by atoms with Gasteiger partial charge in [-0.05, 0) is 36.4 Å². The van der Waals surface area contributed by atoms with Gasteiger partial charge in [-0.2, -0.15) is 6.08 Å². The molecule has 168 valence electrons. The fourth-order valence-electron chi connectivity index (χ4n) is 4.21. The molecule has 0 aliphatic carbocycles. The smallest absolute Gasteiger partial charge is 0.189 e. The average molecular weight is 465 g/mol. The molecule has 3 nitrogen and oxygen atoms in total. The highest BCUT2D eigenvalue weighted by molar-refractivity contribution is 7.97. The maximum Gasteiger partial charge on any atom is 0.189 e. The lowest BCUT2D eigenvalue weighted by Gasteiger charge is -2.35. The molecule has 4 aromatic rings. The van der Waals surface area contributed by atoms with Gasteiger partial charge in [0.15, 0.2) is 11.8 Å². The number of carbonyl (C=O) groups excluding carboxylic acids is 2. The van der Waals surface area contributed by atoms with E-state index in [0.717, 1.165) is 15.9 Å². The van der Waals surface area contributed by atoms with Crippen molar-refractivity contribution in [1.29, 1.82) is 0 Å². The number of esters is 1. The number of ketones is 1. The van der Waals surface area contributed by atoms with Gasteiger partial charge in [0.05, 0.1) is 12.8 Å². The van der Waals surface area contributed by atoms with Crippen LogP contribution in [0.3, 0.4) is 0 Å². The molecule has 4 heteroatoms. The zero-order valence-corrected chi connectivity index (χ0v) is 19.8. The third-order valence-electron chi connectivity index (χ3n) is 5.74. The van der Waals surface area contributed by atoms with Crippen LogP contribution < -0.4 is 15.9 Å². The number of rotatable bonds is 8. The van der Waals surface area contributed by atoms with Gasteiger partial charge >= 0.3 is 0 Å². The Balaban J connectivity index is 2.09. The minimum atomic E-state index is -2.65. The first-order chi connectivity index (χ1) is 16.7. The number of hydrogen-bond donors (Lipinski definition) is 0. The van der Waals surface area contributed by atoms with E-state index in [9.17, 15) is 9.59 Å². The van der Waals surface area contributed by atoms with E-state index in [1.807, 2.05) is 84.9 Å². The van der Waals surface area contributed by atoms with E-state index in [2.05, 4.69) is 42.5 Å². The fourth-order valence-corrected chi connectivity index (χ4v) is 8.73. The fraction of sp³-hybridized carbons (Fsp3) is 0.0667. The van der Waals surface area contributed by atoms with Crippen molar-refractivity contribution in [3.05, 3.63) is 139 Å². The lowest BCUT2D eigenvalue weighted by Crippen LogP contribution is -2.42. The number of methoxy groups -OCH3 is 1. The lowest BCUT2D eigenvalue weighted by atomic mass is 10.1. The number of hydrogen-bond acceptors (Lipinski definition) is 3. The van der Waals surface area contributed by atoms with Crippen LogP contribution in [-0.2, 0) is 9.53 Å². The van der Waals surface area contributed by atoms with Crippen molar-refractivity contribution >= 4 is 34.9 Å².